The highest BCUT2D eigenvalue weighted by molar-refractivity contribution is 5.87. The van der Waals surface area contributed by atoms with E-state index in [0.717, 1.165) is 6.20 Å². The number of carbonyl (C=O) groups is 1. The van der Waals surface area contributed by atoms with Gasteiger partial charge < -0.3 is 4.74 Å². The number of esters is 1. The van der Waals surface area contributed by atoms with Crippen molar-refractivity contribution in [3.05, 3.63) is 24.0 Å². The normalized spacial score (nSPS) is 10.5. The summed E-state index contributed by atoms with van der Waals surface area (Å²) in [5, 5.41) is 0. The fourth-order valence-electron chi connectivity index (χ4n) is 0.942. The molecule has 0 aliphatic rings. The summed E-state index contributed by atoms with van der Waals surface area (Å²) in [6, 6.07) is 2.67. The molecule has 0 saturated carbocycles. The molecule has 3 nitrogen and oxygen atoms in total. The quantitative estimate of drug-likeness (QED) is 0.681. The summed E-state index contributed by atoms with van der Waals surface area (Å²) in [5.74, 6) is -0.729. The molecule has 0 bridgehead atoms. The van der Waals surface area contributed by atoms with Crippen molar-refractivity contribution < 1.29 is 18.3 Å². The van der Waals surface area contributed by atoms with E-state index in [9.17, 15) is 13.6 Å². The van der Waals surface area contributed by atoms with Crippen molar-refractivity contribution in [2.45, 2.75) is 13.5 Å². The van der Waals surface area contributed by atoms with E-state index in [1.54, 1.807) is 6.92 Å². The van der Waals surface area contributed by atoms with Gasteiger partial charge in [0.2, 0.25) is 0 Å². The molecule has 0 radical (unpaired) electrons. The first-order valence-corrected chi connectivity index (χ1v) is 3.79. The van der Waals surface area contributed by atoms with Crippen molar-refractivity contribution >= 4 is 5.97 Å². The number of nitrogens with zero attached hydrogens (tertiary/aromatic N) is 1. The van der Waals surface area contributed by atoms with E-state index in [1.165, 1.54) is 12.1 Å². The highest BCUT2D eigenvalue weighted by Crippen LogP contribution is 2.14. The SMILES string of the molecule is CCOC(=O)c1cccn1C(F)F. The minimum atomic E-state index is -2.71. The number of carbonyl (C=O) groups excluding carboxylic acids is 1. The van der Waals surface area contributed by atoms with Gasteiger partial charge in [-0.15, -0.1) is 0 Å². The Morgan fingerprint density at radius 2 is 2.38 bits per heavy atom. The third-order valence-corrected chi connectivity index (χ3v) is 1.47. The Hall–Kier alpha value is -1.39. The van der Waals surface area contributed by atoms with E-state index in [4.69, 9.17) is 0 Å². The smallest absolute Gasteiger partial charge is 0.355 e. The van der Waals surface area contributed by atoms with Crippen LogP contribution in [0.4, 0.5) is 8.78 Å². The second-order valence-electron chi connectivity index (χ2n) is 2.30. The van der Waals surface area contributed by atoms with Crippen molar-refractivity contribution in [2.75, 3.05) is 6.61 Å². The Labute approximate surface area is 73.9 Å². The largest absolute Gasteiger partial charge is 0.461 e. The van der Waals surface area contributed by atoms with Gasteiger partial charge in [-0.3, -0.25) is 4.57 Å². The van der Waals surface area contributed by atoms with Crippen LogP contribution in [-0.2, 0) is 4.74 Å². The van der Waals surface area contributed by atoms with Crippen LogP contribution in [0.1, 0.15) is 24.0 Å². The fraction of sp³-hybridized carbons (Fsp3) is 0.375. The summed E-state index contributed by atoms with van der Waals surface area (Å²) < 4.78 is 29.6. The molecule has 1 aromatic heterocycles. The molecule has 1 heterocycles. The van der Waals surface area contributed by atoms with Crippen molar-refractivity contribution in [2.24, 2.45) is 0 Å². The van der Waals surface area contributed by atoms with Gasteiger partial charge in [0.25, 0.3) is 0 Å². The second kappa shape index (κ2) is 4.02. The van der Waals surface area contributed by atoms with Crippen LogP contribution in [0.5, 0.6) is 0 Å². The molecule has 0 N–H and O–H groups in total. The highest BCUT2D eigenvalue weighted by Gasteiger charge is 2.16. The number of ether oxygens (including phenoxy) is 1. The lowest BCUT2D eigenvalue weighted by atomic mass is 10.4. The van der Waals surface area contributed by atoms with Crippen molar-refractivity contribution in [3.63, 3.8) is 0 Å². The van der Waals surface area contributed by atoms with Crippen molar-refractivity contribution in [1.29, 1.82) is 0 Å². The van der Waals surface area contributed by atoms with Crippen LogP contribution < -0.4 is 0 Å². The molecule has 72 valence electrons. The molecule has 0 spiro atoms. The minimum absolute atomic E-state index is 0.128. The second-order valence-corrected chi connectivity index (χ2v) is 2.30. The van der Waals surface area contributed by atoms with E-state index in [1.807, 2.05) is 0 Å². The van der Waals surface area contributed by atoms with E-state index < -0.39 is 12.5 Å². The standard InChI is InChI=1S/C8H9F2NO2/c1-2-13-7(12)6-4-3-5-11(6)8(9)10/h3-5,8H,2H2,1H3. The molecular formula is C8H9F2NO2. The lowest BCUT2D eigenvalue weighted by Crippen LogP contribution is -2.11. The average molecular weight is 189 g/mol. The molecule has 0 aliphatic carbocycles. The maximum Gasteiger partial charge on any atom is 0.355 e. The summed E-state index contributed by atoms with van der Waals surface area (Å²) >= 11 is 0. The van der Waals surface area contributed by atoms with Gasteiger partial charge in [-0.1, -0.05) is 0 Å². The molecule has 13 heavy (non-hydrogen) atoms. The third-order valence-electron chi connectivity index (χ3n) is 1.47. The predicted molar refractivity (Wildman–Crippen MR) is 41.6 cm³/mol. The monoisotopic (exact) mass is 189 g/mol. The van der Waals surface area contributed by atoms with Crippen LogP contribution in [0.25, 0.3) is 0 Å². The highest BCUT2D eigenvalue weighted by atomic mass is 19.3. The number of rotatable bonds is 3. The molecule has 0 saturated heterocycles. The zero-order valence-corrected chi connectivity index (χ0v) is 7.04. The van der Waals surface area contributed by atoms with E-state index >= 15 is 0 Å². The van der Waals surface area contributed by atoms with Gasteiger partial charge in [-0.05, 0) is 19.1 Å². The molecule has 0 aromatic carbocycles. The van der Waals surface area contributed by atoms with Gasteiger partial charge >= 0.3 is 12.5 Å². The summed E-state index contributed by atoms with van der Waals surface area (Å²) in [5.41, 5.74) is -0.128. The third kappa shape index (κ3) is 2.05. The van der Waals surface area contributed by atoms with Crippen molar-refractivity contribution in [1.82, 2.24) is 4.57 Å². The number of hydrogen-bond donors (Lipinski definition) is 0. The number of aromatic nitrogens is 1. The van der Waals surface area contributed by atoms with Crippen molar-refractivity contribution in [3.8, 4) is 0 Å². The fourth-order valence-corrected chi connectivity index (χ4v) is 0.942. The van der Waals surface area contributed by atoms with Crippen LogP contribution in [0.2, 0.25) is 0 Å². The first-order chi connectivity index (χ1) is 6.16. The minimum Gasteiger partial charge on any atom is -0.461 e. The topological polar surface area (TPSA) is 31.2 Å². The van der Waals surface area contributed by atoms with E-state index in [0.29, 0.717) is 4.57 Å². The lowest BCUT2D eigenvalue weighted by molar-refractivity contribution is 0.0414. The maximum absolute atomic E-state index is 12.2. The van der Waals surface area contributed by atoms with Crippen LogP contribution in [-0.4, -0.2) is 17.1 Å². The van der Waals surface area contributed by atoms with Gasteiger partial charge in [0.1, 0.15) is 5.69 Å². The molecule has 0 fully saturated rings. The molecule has 0 unspecified atom stereocenters. The molecule has 0 amide bonds. The molecule has 1 aromatic rings. The van der Waals surface area contributed by atoms with Crippen LogP contribution in [0.15, 0.2) is 18.3 Å². The summed E-state index contributed by atoms with van der Waals surface area (Å²) in [6.45, 7) is -0.921. The maximum atomic E-state index is 12.2. The van der Waals surface area contributed by atoms with Gasteiger partial charge in [0.15, 0.2) is 0 Å². The molecule has 1 rings (SSSR count). The molecule has 5 heteroatoms. The number of alkyl halides is 2. The van der Waals surface area contributed by atoms with Gasteiger partial charge in [-0.2, -0.15) is 8.78 Å². The van der Waals surface area contributed by atoms with Crippen LogP contribution in [0.3, 0.4) is 0 Å². The first kappa shape index (κ1) is 9.70. The Morgan fingerprint density at radius 3 is 2.92 bits per heavy atom. The molecule has 0 aliphatic heterocycles. The lowest BCUT2D eigenvalue weighted by Gasteiger charge is -2.06. The van der Waals surface area contributed by atoms with E-state index in [-0.39, 0.29) is 12.3 Å². The Balaban J connectivity index is 2.87. The van der Waals surface area contributed by atoms with Gasteiger partial charge in [0.05, 0.1) is 6.61 Å². The summed E-state index contributed by atoms with van der Waals surface area (Å²) in [6.07, 6.45) is 1.14. The Morgan fingerprint density at radius 1 is 1.69 bits per heavy atom. The zero-order chi connectivity index (χ0) is 9.84. The number of hydrogen-bond acceptors (Lipinski definition) is 2. The van der Waals surface area contributed by atoms with Gasteiger partial charge in [-0.25, -0.2) is 4.79 Å². The molecule has 0 atom stereocenters. The predicted octanol–water partition coefficient (Wildman–Crippen LogP) is 2.06. The van der Waals surface area contributed by atoms with Gasteiger partial charge in [0, 0.05) is 6.20 Å². The summed E-state index contributed by atoms with van der Waals surface area (Å²) in [7, 11) is 0. The Bertz CT molecular complexity index is 296. The Kier molecular flexibility index (Phi) is 3.00. The zero-order valence-electron chi connectivity index (χ0n) is 7.04. The number of halogens is 2. The van der Waals surface area contributed by atoms with Crippen LogP contribution in [0, 0.1) is 0 Å². The summed E-state index contributed by atoms with van der Waals surface area (Å²) in [4.78, 5) is 11.1. The first-order valence-electron chi connectivity index (χ1n) is 3.79. The van der Waals surface area contributed by atoms with E-state index in [2.05, 4.69) is 4.74 Å². The van der Waals surface area contributed by atoms with Crippen LogP contribution >= 0.6 is 0 Å². The molecular weight excluding hydrogens is 180 g/mol. The average Bonchev–Trinajstić information content (AvgIpc) is 2.52.